The summed E-state index contributed by atoms with van der Waals surface area (Å²) in [7, 11) is 1.91. The minimum absolute atomic E-state index is 0.118. The van der Waals surface area contributed by atoms with Gasteiger partial charge < -0.3 is 19.4 Å². The molecule has 4 rings (SSSR count). The number of ether oxygens (including phenoxy) is 2. The van der Waals surface area contributed by atoms with Gasteiger partial charge >= 0.3 is 0 Å². The van der Waals surface area contributed by atoms with Crippen LogP contribution in [0.1, 0.15) is 12.5 Å². The Labute approximate surface area is 173 Å². The third kappa shape index (κ3) is 4.07. The molecule has 0 saturated carbocycles. The lowest BCUT2D eigenvalue weighted by atomic mass is 10.1. The van der Waals surface area contributed by atoms with Crippen molar-refractivity contribution in [3.8, 4) is 22.9 Å². The van der Waals surface area contributed by atoms with Crippen LogP contribution in [0.4, 0.5) is 5.69 Å². The van der Waals surface area contributed by atoms with Gasteiger partial charge in [0.1, 0.15) is 13.2 Å². The number of hydrogen-bond acceptors (Lipinski definition) is 6. The van der Waals surface area contributed by atoms with Gasteiger partial charge in [-0.25, -0.2) is 0 Å². The van der Waals surface area contributed by atoms with Crippen LogP contribution in [0.25, 0.3) is 11.4 Å². The fraction of sp³-hybridized carbons (Fsp3) is 0.286. The third-order valence-corrected chi connectivity index (χ3v) is 5.82. The largest absolute Gasteiger partial charge is 0.486 e. The molecule has 0 unspecified atom stereocenters. The smallest absolute Gasteiger partial charge is 0.237 e. The average Bonchev–Trinajstić information content (AvgIpc) is 3.08. The molecule has 2 aromatic carbocycles. The highest BCUT2D eigenvalue weighted by Crippen LogP contribution is 2.33. The van der Waals surface area contributed by atoms with Gasteiger partial charge in [-0.3, -0.25) is 4.79 Å². The number of amides is 1. The van der Waals surface area contributed by atoms with Crippen molar-refractivity contribution in [1.29, 1.82) is 0 Å². The van der Waals surface area contributed by atoms with Crippen LogP contribution in [0.5, 0.6) is 11.5 Å². The van der Waals surface area contributed by atoms with Crippen molar-refractivity contribution >= 4 is 23.4 Å². The predicted octanol–water partition coefficient (Wildman–Crippen LogP) is 3.68. The van der Waals surface area contributed by atoms with E-state index in [1.54, 1.807) is 18.2 Å². The van der Waals surface area contributed by atoms with E-state index >= 15 is 0 Å². The molecular formula is C21H22N4O3S. The van der Waals surface area contributed by atoms with E-state index in [0.29, 0.717) is 35.6 Å². The molecular weight excluding hydrogens is 388 g/mol. The average molecular weight is 410 g/mol. The minimum atomic E-state index is -0.351. The van der Waals surface area contributed by atoms with Gasteiger partial charge in [0.2, 0.25) is 5.91 Å². The minimum Gasteiger partial charge on any atom is -0.486 e. The number of nitrogens with one attached hydrogen (secondary N) is 1. The molecule has 0 fully saturated rings. The SMILES string of the molecule is Cc1ccccc1-c1nnc(S[C@H](C)C(=O)Nc2ccc3c(c2)OCCO3)n1C. The maximum Gasteiger partial charge on any atom is 0.237 e. The van der Waals surface area contributed by atoms with Crippen LogP contribution in [-0.2, 0) is 11.8 Å². The second kappa shape index (κ2) is 8.16. The highest BCUT2D eigenvalue weighted by molar-refractivity contribution is 8.00. The summed E-state index contributed by atoms with van der Waals surface area (Å²) in [6, 6.07) is 13.4. The number of benzene rings is 2. The van der Waals surface area contributed by atoms with E-state index in [1.807, 2.05) is 49.7 Å². The normalized spacial score (nSPS) is 13.8. The van der Waals surface area contributed by atoms with E-state index in [2.05, 4.69) is 15.5 Å². The molecule has 1 aliphatic rings. The second-order valence-corrected chi connectivity index (χ2v) is 8.10. The van der Waals surface area contributed by atoms with Crippen LogP contribution in [-0.4, -0.2) is 39.1 Å². The first-order chi connectivity index (χ1) is 14.0. The van der Waals surface area contributed by atoms with Gasteiger partial charge in [-0.15, -0.1) is 10.2 Å². The molecule has 29 heavy (non-hydrogen) atoms. The van der Waals surface area contributed by atoms with Gasteiger partial charge in [-0.2, -0.15) is 0 Å². The Balaban J connectivity index is 1.45. The number of aromatic nitrogens is 3. The summed E-state index contributed by atoms with van der Waals surface area (Å²) < 4.78 is 13.0. The maximum absolute atomic E-state index is 12.7. The molecule has 7 nitrogen and oxygen atoms in total. The van der Waals surface area contributed by atoms with Crippen LogP contribution in [0.15, 0.2) is 47.6 Å². The lowest BCUT2D eigenvalue weighted by Crippen LogP contribution is -2.23. The summed E-state index contributed by atoms with van der Waals surface area (Å²) in [5.74, 6) is 2.00. The number of rotatable bonds is 5. The molecule has 1 N–H and O–H groups in total. The maximum atomic E-state index is 12.7. The summed E-state index contributed by atoms with van der Waals surface area (Å²) in [5.41, 5.74) is 2.83. The number of aryl methyl sites for hydroxylation is 1. The molecule has 0 bridgehead atoms. The Kier molecular flexibility index (Phi) is 5.44. The van der Waals surface area contributed by atoms with Crippen molar-refractivity contribution in [3.63, 3.8) is 0 Å². The molecule has 1 amide bonds. The predicted molar refractivity (Wildman–Crippen MR) is 113 cm³/mol. The Hall–Kier alpha value is -3.00. The molecule has 1 aromatic heterocycles. The molecule has 0 saturated heterocycles. The number of anilines is 1. The van der Waals surface area contributed by atoms with Gasteiger partial charge in [0.05, 0.1) is 5.25 Å². The van der Waals surface area contributed by atoms with Crippen LogP contribution >= 0.6 is 11.8 Å². The van der Waals surface area contributed by atoms with Crippen molar-refractivity contribution < 1.29 is 14.3 Å². The van der Waals surface area contributed by atoms with E-state index in [1.165, 1.54) is 11.8 Å². The topological polar surface area (TPSA) is 78.3 Å². The van der Waals surface area contributed by atoms with Gasteiger partial charge in [0.25, 0.3) is 0 Å². The Morgan fingerprint density at radius 1 is 1.14 bits per heavy atom. The number of nitrogens with zero attached hydrogens (tertiary/aromatic N) is 3. The highest BCUT2D eigenvalue weighted by Gasteiger charge is 2.21. The highest BCUT2D eigenvalue weighted by atomic mass is 32.2. The third-order valence-electron chi connectivity index (χ3n) is 4.68. The first-order valence-corrected chi connectivity index (χ1v) is 10.2. The molecule has 1 aliphatic heterocycles. The molecule has 1 atom stereocenters. The summed E-state index contributed by atoms with van der Waals surface area (Å²) in [5, 5.41) is 11.9. The first-order valence-electron chi connectivity index (χ1n) is 9.35. The van der Waals surface area contributed by atoms with Crippen LogP contribution in [0, 0.1) is 6.92 Å². The number of carbonyl (C=O) groups excluding carboxylic acids is 1. The number of fused-ring (bicyclic) bond motifs is 1. The van der Waals surface area contributed by atoms with Gasteiger partial charge in [0.15, 0.2) is 22.5 Å². The molecule has 0 radical (unpaired) electrons. The van der Waals surface area contributed by atoms with Gasteiger partial charge in [0, 0.05) is 24.4 Å². The van der Waals surface area contributed by atoms with E-state index < -0.39 is 0 Å². The van der Waals surface area contributed by atoms with Crippen molar-refractivity contribution in [1.82, 2.24) is 14.8 Å². The summed E-state index contributed by atoms with van der Waals surface area (Å²) in [4.78, 5) is 12.7. The zero-order valence-electron chi connectivity index (χ0n) is 16.5. The summed E-state index contributed by atoms with van der Waals surface area (Å²) >= 11 is 1.37. The molecule has 150 valence electrons. The van der Waals surface area contributed by atoms with Crippen LogP contribution < -0.4 is 14.8 Å². The zero-order chi connectivity index (χ0) is 20.4. The molecule has 0 aliphatic carbocycles. The molecule has 0 spiro atoms. The zero-order valence-corrected chi connectivity index (χ0v) is 17.3. The Morgan fingerprint density at radius 2 is 1.90 bits per heavy atom. The number of carbonyl (C=O) groups is 1. The van der Waals surface area contributed by atoms with Crippen molar-refractivity contribution in [3.05, 3.63) is 48.0 Å². The lowest BCUT2D eigenvalue weighted by molar-refractivity contribution is -0.115. The number of thioether (sulfide) groups is 1. The second-order valence-electron chi connectivity index (χ2n) is 6.79. The first kappa shape index (κ1) is 19.3. The molecule has 2 heterocycles. The standard InChI is InChI=1S/C21H22N4O3S/c1-13-6-4-5-7-16(13)19-23-24-21(25(19)3)29-14(2)20(26)22-15-8-9-17-18(12-15)28-11-10-27-17/h4-9,12,14H,10-11H2,1-3H3,(H,22,26)/t14-/m1/s1. The Bertz CT molecular complexity index is 1050. The van der Waals surface area contributed by atoms with Gasteiger partial charge in [-0.1, -0.05) is 36.0 Å². The molecule has 3 aromatic rings. The number of hydrogen-bond donors (Lipinski definition) is 1. The summed E-state index contributed by atoms with van der Waals surface area (Å²) in [6.45, 7) is 4.93. The van der Waals surface area contributed by atoms with Crippen molar-refractivity contribution in [2.75, 3.05) is 18.5 Å². The van der Waals surface area contributed by atoms with E-state index in [-0.39, 0.29) is 11.2 Å². The molecule has 8 heteroatoms. The van der Waals surface area contributed by atoms with Crippen LogP contribution in [0.3, 0.4) is 0 Å². The quantitative estimate of drug-likeness (QED) is 0.647. The van der Waals surface area contributed by atoms with Gasteiger partial charge in [-0.05, 0) is 31.5 Å². The van der Waals surface area contributed by atoms with E-state index in [0.717, 1.165) is 17.0 Å². The fourth-order valence-corrected chi connectivity index (χ4v) is 3.87. The van der Waals surface area contributed by atoms with Crippen LogP contribution in [0.2, 0.25) is 0 Å². The summed E-state index contributed by atoms with van der Waals surface area (Å²) in [6.07, 6.45) is 0. The van der Waals surface area contributed by atoms with Crippen molar-refractivity contribution in [2.45, 2.75) is 24.3 Å². The van der Waals surface area contributed by atoms with Crippen molar-refractivity contribution in [2.24, 2.45) is 7.05 Å². The van der Waals surface area contributed by atoms with E-state index in [9.17, 15) is 4.79 Å². The monoisotopic (exact) mass is 410 g/mol. The van der Waals surface area contributed by atoms with E-state index in [4.69, 9.17) is 9.47 Å². The Morgan fingerprint density at radius 3 is 2.69 bits per heavy atom. The fourth-order valence-electron chi connectivity index (χ4n) is 3.05. The lowest BCUT2D eigenvalue weighted by Gasteiger charge is -2.19.